The first kappa shape index (κ1) is 19.4. The molecule has 0 aliphatic carbocycles. The van der Waals surface area contributed by atoms with Crippen molar-refractivity contribution in [2.24, 2.45) is 5.92 Å². The van der Waals surface area contributed by atoms with Crippen LogP contribution in [-0.2, 0) is 9.59 Å². The van der Waals surface area contributed by atoms with Gasteiger partial charge in [-0.3, -0.25) is 9.59 Å². The largest absolute Gasteiger partial charge is 0.480 e. The monoisotopic (exact) mass is 377 g/mol. The number of nitrogens with one attached hydrogen (secondary N) is 1. The molecule has 1 saturated heterocycles. The second-order valence-electron chi connectivity index (χ2n) is 6.85. The quantitative estimate of drug-likeness (QED) is 0.867. The van der Waals surface area contributed by atoms with Crippen molar-refractivity contribution >= 4 is 17.5 Å². The molecule has 144 valence electrons. The molecular formula is C22H23N3O3. The summed E-state index contributed by atoms with van der Waals surface area (Å²) in [5.74, 6) is -0.116. The van der Waals surface area contributed by atoms with E-state index < -0.39 is 6.10 Å². The molecule has 2 atom stereocenters. The van der Waals surface area contributed by atoms with Crippen LogP contribution < -0.4 is 10.1 Å². The van der Waals surface area contributed by atoms with E-state index in [0.29, 0.717) is 24.4 Å². The predicted molar refractivity (Wildman–Crippen MR) is 106 cm³/mol. The molecule has 0 saturated carbocycles. The number of piperidine rings is 1. The number of nitrogens with zero attached hydrogens (tertiary/aromatic N) is 2. The number of ether oxygens (including phenoxy) is 1. The molecule has 0 spiro atoms. The number of amides is 2. The summed E-state index contributed by atoms with van der Waals surface area (Å²) >= 11 is 0. The van der Waals surface area contributed by atoms with E-state index in [1.54, 1.807) is 36.1 Å². The summed E-state index contributed by atoms with van der Waals surface area (Å²) in [5, 5.41) is 12.1. The summed E-state index contributed by atoms with van der Waals surface area (Å²) in [6.45, 7) is 2.64. The Bertz CT molecular complexity index is 876. The first-order valence-corrected chi connectivity index (χ1v) is 9.39. The second-order valence-corrected chi connectivity index (χ2v) is 6.85. The number of rotatable bonds is 5. The highest BCUT2D eigenvalue weighted by molar-refractivity contribution is 5.93. The van der Waals surface area contributed by atoms with E-state index in [2.05, 4.69) is 11.4 Å². The summed E-state index contributed by atoms with van der Waals surface area (Å²) in [4.78, 5) is 27.1. The number of nitriles is 1. The zero-order chi connectivity index (χ0) is 19.9. The summed E-state index contributed by atoms with van der Waals surface area (Å²) < 4.78 is 5.73. The molecule has 0 aromatic heterocycles. The number of carbonyl (C=O) groups excluding carboxylic acids is 2. The molecule has 0 radical (unpaired) electrons. The average molecular weight is 377 g/mol. The van der Waals surface area contributed by atoms with E-state index >= 15 is 0 Å². The molecule has 1 aliphatic rings. The minimum atomic E-state index is -0.731. The van der Waals surface area contributed by atoms with Crippen molar-refractivity contribution in [2.45, 2.75) is 25.9 Å². The lowest BCUT2D eigenvalue weighted by molar-refractivity contribution is -0.140. The standard InChI is InChI=1S/C22H23N3O3/c1-16(28-20-12-6-5-8-17(20)14-23)22(27)25-13-7-9-18(15-25)21(26)24-19-10-3-2-4-11-19/h2-6,8,10-12,16,18H,7,9,13,15H2,1H3,(H,24,26). The van der Waals surface area contributed by atoms with Crippen LogP contribution in [0, 0.1) is 17.2 Å². The van der Waals surface area contributed by atoms with Crippen LogP contribution in [0.5, 0.6) is 5.75 Å². The maximum atomic E-state index is 12.8. The molecule has 3 rings (SSSR count). The molecule has 2 amide bonds. The molecule has 1 fully saturated rings. The van der Waals surface area contributed by atoms with Crippen molar-refractivity contribution in [1.29, 1.82) is 5.26 Å². The van der Waals surface area contributed by atoms with Gasteiger partial charge in [0.2, 0.25) is 5.91 Å². The summed E-state index contributed by atoms with van der Waals surface area (Å²) in [5.41, 5.74) is 1.14. The van der Waals surface area contributed by atoms with Gasteiger partial charge in [0.25, 0.3) is 5.91 Å². The van der Waals surface area contributed by atoms with E-state index in [-0.39, 0.29) is 17.7 Å². The minimum Gasteiger partial charge on any atom is -0.480 e. The van der Waals surface area contributed by atoms with Gasteiger partial charge < -0.3 is 15.0 Å². The predicted octanol–water partition coefficient (Wildman–Crippen LogP) is 3.20. The summed E-state index contributed by atoms with van der Waals surface area (Å²) in [6, 6.07) is 18.2. The van der Waals surface area contributed by atoms with Crippen LogP contribution >= 0.6 is 0 Å². The number of carbonyl (C=O) groups is 2. The topological polar surface area (TPSA) is 82.4 Å². The molecule has 6 heteroatoms. The van der Waals surface area contributed by atoms with E-state index in [1.807, 2.05) is 30.3 Å². The van der Waals surface area contributed by atoms with Crippen LogP contribution in [-0.4, -0.2) is 35.9 Å². The summed E-state index contributed by atoms with van der Waals surface area (Å²) in [7, 11) is 0. The fraction of sp³-hybridized carbons (Fsp3) is 0.318. The van der Waals surface area contributed by atoms with Crippen molar-refractivity contribution in [2.75, 3.05) is 18.4 Å². The zero-order valence-electron chi connectivity index (χ0n) is 15.8. The maximum absolute atomic E-state index is 12.8. The number of para-hydroxylation sites is 2. The van der Waals surface area contributed by atoms with Gasteiger partial charge in [-0.2, -0.15) is 5.26 Å². The van der Waals surface area contributed by atoms with Crippen molar-refractivity contribution in [3.63, 3.8) is 0 Å². The van der Waals surface area contributed by atoms with E-state index in [0.717, 1.165) is 18.5 Å². The van der Waals surface area contributed by atoms with Crippen LogP contribution in [0.15, 0.2) is 54.6 Å². The molecular weight excluding hydrogens is 354 g/mol. The molecule has 1 heterocycles. The molecule has 6 nitrogen and oxygen atoms in total. The number of benzene rings is 2. The minimum absolute atomic E-state index is 0.0768. The van der Waals surface area contributed by atoms with Gasteiger partial charge in [0.15, 0.2) is 6.10 Å². The highest BCUT2D eigenvalue weighted by atomic mass is 16.5. The van der Waals surface area contributed by atoms with Crippen molar-refractivity contribution in [3.05, 3.63) is 60.2 Å². The number of hydrogen-bond acceptors (Lipinski definition) is 4. The van der Waals surface area contributed by atoms with Gasteiger partial charge in [0, 0.05) is 18.8 Å². The molecule has 2 aromatic rings. The van der Waals surface area contributed by atoms with Crippen LogP contribution in [0.25, 0.3) is 0 Å². The average Bonchev–Trinajstić information content (AvgIpc) is 2.74. The Labute approximate surface area is 164 Å². The number of likely N-dealkylation sites (tertiary alicyclic amines) is 1. The van der Waals surface area contributed by atoms with Gasteiger partial charge in [0.1, 0.15) is 11.8 Å². The smallest absolute Gasteiger partial charge is 0.263 e. The third kappa shape index (κ3) is 4.68. The molecule has 28 heavy (non-hydrogen) atoms. The Hall–Kier alpha value is -3.33. The molecule has 2 aromatic carbocycles. The van der Waals surface area contributed by atoms with Crippen LogP contribution in [0.4, 0.5) is 5.69 Å². The Morgan fingerprint density at radius 1 is 1.18 bits per heavy atom. The van der Waals surface area contributed by atoms with E-state index in [1.165, 1.54) is 0 Å². The lowest BCUT2D eigenvalue weighted by Gasteiger charge is -2.33. The highest BCUT2D eigenvalue weighted by Gasteiger charge is 2.31. The maximum Gasteiger partial charge on any atom is 0.263 e. The van der Waals surface area contributed by atoms with Gasteiger partial charge in [-0.15, -0.1) is 0 Å². The van der Waals surface area contributed by atoms with E-state index in [9.17, 15) is 9.59 Å². The molecule has 1 aliphatic heterocycles. The van der Waals surface area contributed by atoms with Crippen LogP contribution in [0.1, 0.15) is 25.3 Å². The van der Waals surface area contributed by atoms with Crippen molar-refractivity contribution in [3.8, 4) is 11.8 Å². The van der Waals surface area contributed by atoms with Gasteiger partial charge in [-0.1, -0.05) is 30.3 Å². The Kier molecular flexibility index (Phi) is 6.28. The van der Waals surface area contributed by atoms with Crippen molar-refractivity contribution < 1.29 is 14.3 Å². The fourth-order valence-corrected chi connectivity index (χ4v) is 3.32. The third-order valence-corrected chi connectivity index (χ3v) is 4.80. The highest BCUT2D eigenvalue weighted by Crippen LogP contribution is 2.22. The first-order valence-electron chi connectivity index (χ1n) is 9.39. The van der Waals surface area contributed by atoms with Crippen LogP contribution in [0.3, 0.4) is 0 Å². The fourth-order valence-electron chi connectivity index (χ4n) is 3.32. The van der Waals surface area contributed by atoms with Crippen LogP contribution in [0.2, 0.25) is 0 Å². The normalized spacial score (nSPS) is 17.3. The Morgan fingerprint density at radius 2 is 1.89 bits per heavy atom. The molecule has 1 N–H and O–H groups in total. The zero-order valence-corrected chi connectivity index (χ0v) is 15.8. The van der Waals surface area contributed by atoms with E-state index in [4.69, 9.17) is 10.00 Å². The van der Waals surface area contributed by atoms with Gasteiger partial charge in [0.05, 0.1) is 11.5 Å². The Balaban J connectivity index is 1.60. The second kappa shape index (κ2) is 9.05. The van der Waals surface area contributed by atoms with Gasteiger partial charge in [-0.05, 0) is 44.0 Å². The van der Waals surface area contributed by atoms with Crippen molar-refractivity contribution in [1.82, 2.24) is 4.90 Å². The Morgan fingerprint density at radius 3 is 2.64 bits per heavy atom. The summed E-state index contributed by atoms with van der Waals surface area (Å²) in [6.07, 6.45) is 0.778. The lowest BCUT2D eigenvalue weighted by atomic mass is 9.96. The first-order chi connectivity index (χ1) is 13.6. The number of anilines is 1. The third-order valence-electron chi connectivity index (χ3n) is 4.80. The van der Waals surface area contributed by atoms with Gasteiger partial charge in [-0.25, -0.2) is 0 Å². The lowest BCUT2D eigenvalue weighted by Crippen LogP contribution is -2.48. The SMILES string of the molecule is CC(Oc1ccccc1C#N)C(=O)N1CCCC(C(=O)Nc2ccccc2)C1. The number of hydrogen-bond donors (Lipinski definition) is 1. The molecule has 2 unspecified atom stereocenters. The van der Waals surface area contributed by atoms with Gasteiger partial charge >= 0.3 is 0 Å². The molecule has 0 bridgehead atoms.